The van der Waals surface area contributed by atoms with Crippen molar-refractivity contribution in [3.63, 3.8) is 0 Å². The van der Waals surface area contributed by atoms with Gasteiger partial charge in [0.05, 0.1) is 12.4 Å². The zero-order valence-electron chi connectivity index (χ0n) is 17.1. The van der Waals surface area contributed by atoms with Crippen molar-refractivity contribution in [2.45, 2.75) is 49.1 Å². The van der Waals surface area contributed by atoms with Crippen molar-refractivity contribution in [2.75, 3.05) is 7.11 Å². The Morgan fingerprint density at radius 1 is 1.13 bits per heavy atom. The molecule has 3 aromatic rings. The lowest BCUT2D eigenvalue weighted by atomic mass is 10.2. The van der Waals surface area contributed by atoms with Crippen molar-refractivity contribution >= 4 is 17.7 Å². The van der Waals surface area contributed by atoms with Gasteiger partial charge in [-0.1, -0.05) is 24.6 Å². The third kappa shape index (κ3) is 4.48. The Balaban J connectivity index is 1.63. The van der Waals surface area contributed by atoms with Crippen LogP contribution in [0.2, 0.25) is 0 Å². The number of amides is 1. The van der Waals surface area contributed by atoms with Gasteiger partial charge in [-0.3, -0.25) is 14.3 Å². The Bertz CT molecular complexity index is 985. The molecule has 30 heavy (non-hydrogen) atoms. The number of carbonyl (C=O) groups is 1. The Hall–Kier alpha value is -2.87. The second-order valence-corrected chi connectivity index (χ2v) is 8.63. The van der Waals surface area contributed by atoms with E-state index in [1.165, 1.54) is 24.6 Å². The smallest absolute Gasteiger partial charge is 0.233 e. The Morgan fingerprint density at radius 3 is 2.50 bits per heavy atom. The summed E-state index contributed by atoms with van der Waals surface area (Å²) >= 11 is 1.41. The SMILES string of the molecule is COc1ccc(-n2c(SC(C)C(=O)NC3CCCC3)nnc2-c2ccncc2)cc1. The molecule has 0 aliphatic heterocycles. The summed E-state index contributed by atoms with van der Waals surface area (Å²) in [5.74, 6) is 1.52. The van der Waals surface area contributed by atoms with Gasteiger partial charge in [-0.05, 0) is 56.2 Å². The molecule has 1 unspecified atom stereocenters. The number of aromatic nitrogens is 4. The van der Waals surface area contributed by atoms with E-state index in [1.807, 2.05) is 47.9 Å². The standard InChI is InChI=1S/C22H25N5O2S/c1-15(21(28)24-17-5-3-4-6-17)30-22-26-25-20(16-11-13-23-14-12-16)27(22)18-7-9-19(29-2)10-8-18/h7-15,17H,3-6H2,1-2H3,(H,24,28). The van der Waals surface area contributed by atoms with Gasteiger partial charge in [-0.25, -0.2) is 0 Å². The predicted molar refractivity (Wildman–Crippen MR) is 117 cm³/mol. The van der Waals surface area contributed by atoms with Crippen LogP contribution in [-0.2, 0) is 4.79 Å². The van der Waals surface area contributed by atoms with Crippen LogP contribution in [0, 0.1) is 0 Å². The molecule has 2 heterocycles. The van der Waals surface area contributed by atoms with Gasteiger partial charge < -0.3 is 10.1 Å². The van der Waals surface area contributed by atoms with Crippen LogP contribution in [0.15, 0.2) is 53.9 Å². The third-order valence-electron chi connectivity index (χ3n) is 5.26. The molecule has 1 saturated carbocycles. The van der Waals surface area contributed by atoms with E-state index in [0.29, 0.717) is 17.0 Å². The number of rotatable bonds is 7. The normalized spacial score (nSPS) is 15.1. The molecule has 2 aromatic heterocycles. The molecule has 1 aliphatic carbocycles. The minimum Gasteiger partial charge on any atom is -0.497 e. The Kier molecular flexibility index (Phi) is 6.32. The average Bonchev–Trinajstić information content (AvgIpc) is 3.44. The second kappa shape index (κ2) is 9.30. The van der Waals surface area contributed by atoms with Gasteiger partial charge in [0.15, 0.2) is 11.0 Å². The first-order chi connectivity index (χ1) is 14.7. The molecule has 0 bridgehead atoms. The molecular weight excluding hydrogens is 398 g/mol. The number of pyridine rings is 1. The first-order valence-corrected chi connectivity index (χ1v) is 11.0. The maximum atomic E-state index is 12.7. The number of methoxy groups -OCH3 is 1. The number of nitrogens with one attached hydrogen (secondary N) is 1. The predicted octanol–water partition coefficient (Wildman–Crippen LogP) is 3.88. The summed E-state index contributed by atoms with van der Waals surface area (Å²) in [6, 6.07) is 11.8. The number of nitrogens with zero attached hydrogens (tertiary/aromatic N) is 4. The molecule has 1 N–H and O–H groups in total. The largest absolute Gasteiger partial charge is 0.497 e. The van der Waals surface area contributed by atoms with Gasteiger partial charge >= 0.3 is 0 Å². The quantitative estimate of drug-likeness (QED) is 0.581. The van der Waals surface area contributed by atoms with E-state index in [4.69, 9.17) is 4.74 Å². The molecule has 0 saturated heterocycles. The highest BCUT2D eigenvalue weighted by molar-refractivity contribution is 8.00. The number of hydrogen-bond acceptors (Lipinski definition) is 6. The van der Waals surface area contributed by atoms with E-state index in [0.717, 1.165) is 29.8 Å². The van der Waals surface area contributed by atoms with E-state index in [2.05, 4.69) is 20.5 Å². The van der Waals surface area contributed by atoms with E-state index in [-0.39, 0.29) is 11.2 Å². The molecular formula is C22H25N5O2S. The average molecular weight is 424 g/mol. The summed E-state index contributed by atoms with van der Waals surface area (Å²) < 4.78 is 7.26. The van der Waals surface area contributed by atoms with Crippen LogP contribution in [0.3, 0.4) is 0 Å². The Morgan fingerprint density at radius 2 is 1.83 bits per heavy atom. The Labute approximate surface area is 180 Å². The third-order valence-corrected chi connectivity index (χ3v) is 6.30. The summed E-state index contributed by atoms with van der Waals surface area (Å²) in [7, 11) is 1.64. The maximum absolute atomic E-state index is 12.7. The van der Waals surface area contributed by atoms with Gasteiger partial charge in [-0.2, -0.15) is 0 Å². The van der Waals surface area contributed by atoms with Crippen molar-refractivity contribution in [2.24, 2.45) is 0 Å². The summed E-state index contributed by atoms with van der Waals surface area (Å²) in [6.07, 6.45) is 7.97. The van der Waals surface area contributed by atoms with Crippen molar-refractivity contribution in [1.82, 2.24) is 25.1 Å². The van der Waals surface area contributed by atoms with Crippen molar-refractivity contribution < 1.29 is 9.53 Å². The molecule has 7 nitrogen and oxygen atoms in total. The molecule has 156 valence electrons. The van der Waals surface area contributed by atoms with Crippen LogP contribution in [0.25, 0.3) is 17.1 Å². The van der Waals surface area contributed by atoms with Crippen LogP contribution >= 0.6 is 11.8 Å². The topological polar surface area (TPSA) is 81.9 Å². The van der Waals surface area contributed by atoms with E-state index in [1.54, 1.807) is 19.5 Å². The molecule has 8 heteroatoms. The zero-order valence-corrected chi connectivity index (χ0v) is 17.9. The number of carbonyl (C=O) groups excluding carboxylic acids is 1. The fourth-order valence-electron chi connectivity index (χ4n) is 3.60. The molecule has 1 atom stereocenters. The molecule has 0 spiro atoms. The van der Waals surface area contributed by atoms with Crippen LogP contribution in [0.4, 0.5) is 0 Å². The van der Waals surface area contributed by atoms with Crippen LogP contribution < -0.4 is 10.1 Å². The molecule has 1 aromatic carbocycles. The van der Waals surface area contributed by atoms with Gasteiger partial charge in [0.2, 0.25) is 5.91 Å². The minimum absolute atomic E-state index is 0.0432. The van der Waals surface area contributed by atoms with E-state index >= 15 is 0 Å². The molecule has 0 radical (unpaired) electrons. The highest BCUT2D eigenvalue weighted by atomic mass is 32.2. The zero-order chi connectivity index (χ0) is 20.9. The summed E-state index contributed by atoms with van der Waals surface area (Å²) in [5.41, 5.74) is 1.81. The lowest BCUT2D eigenvalue weighted by Crippen LogP contribution is -2.37. The van der Waals surface area contributed by atoms with Gasteiger partial charge in [0.25, 0.3) is 0 Å². The van der Waals surface area contributed by atoms with Crippen molar-refractivity contribution in [1.29, 1.82) is 0 Å². The number of benzene rings is 1. The monoisotopic (exact) mass is 423 g/mol. The van der Waals surface area contributed by atoms with Crippen molar-refractivity contribution in [3.8, 4) is 22.8 Å². The highest BCUT2D eigenvalue weighted by Gasteiger charge is 2.24. The number of hydrogen-bond donors (Lipinski definition) is 1. The molecule has 1 fully saturated rings. The first-order valence-electron chi connectivity index (χ1n) is 10.1. The fraction of sp³-hybridized carbons (Fsp3) is 0.364. The summed E-state index contributed by atoms with van der Waals surface area (Å²) in [5, 5.41) is 12.4. The van der Waals surface area contributed by atoms with Gasteiger partial charge in [0.1, 0.15) is 5.75 Å². The van der Waals surface area contributed by atoms with Gasteiger partial charge in [-0.15, -0.1) is 10.2 Å². The summed E-state index contributed by atoms with van der Waals surface area (Å²) in [4.78, 5) is 16.8. The number of ether oxygens (including phenoxy) is 1. The summed E-state index contributed by atoms with van der Waals surface area (Å²) in [6.45, 7) is 1.91. The lowest BCUT2D eigenvalue weighted by Gasteiger charge is -2.17. The van der Waals surface area contributed by atoms with Crippen LogP contribution in [0.1, 0.15) is 32.6 Å². The van der Waals surface area contributed by atoms with Crippen molar-refractivity contribution in [3.05, 3.63) is 48.8 Å². The van der Waals surface area contributed by atoms with Crippen LogP contribution in [-0.4, -0.2) is 44.1 Å². The highest BCUT2D eigenvalue weighted by Crippen LogP contribution is 2.31. The fourth-order valence-corrected chi connectivity index (χ4v) is 4.48. The maximum Gasteiger partial charge on any atom is 0.233 e. The first kappa shape index (κ1) is 20.4. The molecule has 1 aliphatic rings. The molecule has 1 amide bonds. The molecule has 4 rings (SSSR count). The van der Waals surface area contributed by atoms with Crippen LogP contribution in [0.5, 0.6) is 5.75 Å². The number of thioether (sulfide) groups is 1. The van der Waals surface area contributed by atoms with E-state index in [9.17, 15) is 4.79 Å². The lowest BCUT2D eigenvalue weighted by molar-refractivity contribution is -0.120. The second-order valence-electron chi connectivity index (χ2n) is 7.33. The van der Waals surface area contributed by atoms with Gasteiger partial charge in [0, 0.05) is 29.7 Å². The minimum atomic E-state index is -0.280. The van der Waals surface area contributed by atoms with E-state index < -0.39 is 0 Å².